The van der Waals surface area contributed by atoms with Crippen molar-refractivity contribution in [3.05, 3.63) is 60.7 Å². The van der Waals surface area contributed by atoms with E-state index in [1.807, 2.05) is 60.7 Å². The molecule has 0 aliphatic heterocycles. The number of nitrogens with zero attached hydrogens (tertiary/aromatic N) is 1. The van der Waals surface area contributed by atoms with Crippen LogP contribution in [-0.2, 0) is 0 Å². The minimum absolute atomic E-state index is 0.0420. The van der Waals surface area contributed by atoms with E-state index in [0.717, 1.165) is 11.4 Å². The van der Waals surface area contributed by atoms with Crippen molar-refractivity contribution in [3.63, 3.8) is 0 Å². The van der Waals surface area contributed by atoms with Gasteiger partial charge in [-0.3, -0.25) is 0 Å². The zero-order valence-corrected chi connectivity index (χ0v) is 9.66. The van der Waals surface area contributed by atoms with Gasteiger partial charge in [-0.2, -0.15) is 10.4 Å². The second-order valence-electron chi connectivity index (χ2n) is 3.99. The molecule has 0 saturated carbocycles. The summed E-state index contributed by atoms with van der Waals surface area (Å²) in [6.45, 7) is 0.494. The van der Waals surface area contributed by atoms with Gasteiger partial charge >= 0.3 is 0 Å². The third-order valence-electron chi connectivity index (χ3n) is 2.89. The molecule has 3 heteroatoms. The fourth-order valence-electron chi connectivity index (χ4n) is 1.95. The molecule has 0 aliphatic carbocycles. The molecule has 88 valence electrons. The summed E-state index contributed by atoms with van der Waals surface area (Å²) in [5.74, 6) is 6.43. The molecule has 0 aliphatic rings. The Morgan fingerprint density at radius 2 is 1.24 bits per heavy atom. The van der Waals surface area contributed by atoms with Crippen LogP contribution in [0.5, 0.6) is 0 Å². The quantitative estimate of drug-likeness (QED) is 0.479. The molecule has 0 bridgehead atoms. The smallest absolute Gasteiger partial charge is 0.157 e. The highest BCUT2D eigenvalue weighted by Gasteiger charge is 2.28. The molecule has 0 unspecified atom stereocenters. The molecule has 0 heterocycles. The Bertz CT molecular complexity index is 417. The molecule has 0 fully saturated rings. The van der Waals surface area contributed by atoms with E-state index < -0.39 is 0 Å². The van der Waals surface area contributed by atoms with E-state index in [2.05, 4.69) is 0 Å². The van der Waals surface area contributed by atoms with E-state index in [9.17, 15) is 5.11 Å². The van der Waals surface area contributed by atoms with E-state index >= 15 is 0 Å². The maximum Gasteiger partial charge on any atom is 0.157 e. The van der Waals surface area contributed by atoms with Crippen molar-refractivity contribution >= 4 is 11.4 Å². The summed E-state index contributed by atoms with van der Waals surface area (Å²) in [5, 5.41) is 9.23. The van der Waals surface area contributed by atoms with Gasteiger partial charge in [-0.15, -0.1) is 0 Å². The molecule has 2 aromatic carbocycles. The summed E-state index contributed by atoms with van der Waals surface area (Å²) >= 11 is 0. The molecule has 0 radical (unpaired) electrons. The van der Waals surface area contributed by atoms with Crippen molar-refractivity contribution < 1.29 is 5.11 Å². The summed E-state index contributed by atoms with van der Waals surface area (Å²) < 4.78 is 0.123. The molecule has 3 N–H and O–H groups in total. The molecule has 2 aromatic rings. The Hall–Kier alpha value is -1.68. The minimum Gasteiger partial charge on any atom is -0.390 e. The zero-order valence-electron chi connectivity index (χ0n) is 9.66. The summed E-state index contributed by atoms with van der Waals surface area (Å²) in [4.78, 5) is 0. The van der Waals surface area contributed by atoms with Crippen molar-refractivity contribution in [2.75, 3.05) is 13.2 Å². The maximum absolute atomic E-state index is 9.23. The van der Waals surface area contributed by atoms with Crippen LogP contribution in [0.3, 0.4) is 0 Å². The lowest BCUT2D eigenvalue weighted by Crippen LogP contribution is -2.53. The SMILES string of the molecule is N[N+](CCO)(c1ccccc1)c1ccccc1. The highest BCUT2D eigenvalue weighted by atomic mass is 16.3. The minimum atomic E-state index is 0.0420. The normalized spacial score (nSPS) is 11.4. The van der Waals surface area contributed by atoms with Gasteiger partial charge in [0.2, 0.25) is 0 Å². The van der Waals surface area contributed by atoms with Gasteiger partial charge in [0.05, 0.1) is 6.61 Å². The number of aliphatic hydroxyl groups is 1. The third kappa shape index (κ3) is 2.36. The second kappa shape index (κ2) is 5.10. The van der Waals surface area contributed by atoms with Crippen LogP contribution < -0.4 is 10.4 Å². The van der Waals surface area contributed by atoms with Crippen molar-refractivity contribution in [2.24, 2.45) is 5.84 Å². The first-order valence-electron chi connectivity index (χ1n) is 5.66. The lowest BCUT2D eigenvalue weighted by molar-refractivity contribution is 0.243. The highest BCUT2D eigenvalue weighted by Crippen LogP contribution is 2.29. The number of nitrogens with two attached hydrogens (primary N) is 1. The van der Waals surface area contributed by atoms with Crippen LogP contribution in [0.15, 0.2) is 60.7 Å². The molecule has 0 aromatic heterocycles. The Balaban J connectivity index is 2.47. The Morgan fingerprint density at radius 1 is 0.824 bits per heavy atom. The van der Waals surface area contributed by atoms with Crippen molar-refractivity contribution in [1.82, 2.24) is 4.59 Å². The van der Waals surface area contributed by atoms with Crippen LogP contribution in [0.1, 0.15) is 0 Å². The number of rotatable bonds is 4. The molecule has 3 nitrogen and oxygen atoms in total. The van der Waals surface area contributed by atoms with Crippen LogP contribution in [0.25, 0.3) is 0 Å². The monoisotopic (exact) mass is 229 g/mol. The van der Waals surface area contributed by atoms with E-state index in [1.54, 1.807) is 0 Å². The predicted molar refractivity (Wildman–Crippen MR) is 70.5 cm³/mol. The molecular formula is C14H17N2O+. The number of hydrogen-bond acceptors (Lipinski definition) is 2. The third-order valence-corrected chi connectivity index (χ3v) is 2.89. The van der Waals surface area contributed by atoms with Crippen LogP contribution in [0.2, 0.25) is 0 Å². The van der Waals surface area contributed by atoms with Gasteiger partial charge in [-0.1, -0.05) is 36.4 Å². The maximum atomic E-state index is 9.23. The van der Waals surface area contributed by atoms with Gasteiger partial charge in [0, 0.05) is 24.3 Å². The summed E-state index contributed by atoms with van der Waals surface area (Å²) in [5.41, 5.74) is 1.93. The topological polar surface area (TPSA) is 46.2 Å². The molecule has 0 amide bonds. The fraction of sp³-hybridized carbons (Fsp3) is 0.143. The largest absolute Gasteiger partial charge is 0.390 e. The van der Waals surface area contributed by atoms with E-state index in [4.69, 9.17) is 5.84 Å². The van der Waals surface area contributed by atoms with Crippen molar-refractivity contribution in [2.45, 2.75) is 0 Å². The average molecular weight is 229 g/mol. The fourth-order valence-corrected chi connectivity index (χ4v) is 1.95. The Labute approximate surface area is 101 Å². The predicted octanol–water partition coefficient (Wildman–Crippen LogP) is 2.19. The van der Waals surface area contributed by atoms with Crippen LogP contribution in [0.4, 0.5) is 11.4 Å². The Kier molecular flexibility index (Phi) is 3.54. The molecule has 0 spiro atoms. The summed E-state index contributed by atoms with van der Waals surface area (Å²) in [7, 11) is 0. The van der Waals surface area contributed by atoms with Gasteiger partial charge in [-0.05, 0) is 0 Å². The van der Waals surface area contributed by atoms with Crippen LogP contribution in [-0.4, -0.2) is 18.3 Å². The van der Waals surface area contributed by atoms with Crippen molar-refractivity contribution in [3.8, 4) is 0 Å². The number of para-hydroxylation sites is 2. The number of quaternary nitrogens is 1. The average Bonchev–Trinajstić information content (AvgIpc) is 2.41. The molecule has 0 atom stereocenters. The lowest BCUT2D eigenvalue weighted by atomic mass is 10.2. The number of aliphatic hydroxyl groups excluding tert-OH is 1. The van der Waals surface area contributed by atoms with Gasteiger partial charge in [-0.25, -0.2) is 0 Å². The summed E-state index contributed by atoms with van der Waals surface area (Å²) in [6, 6.07) is 19.6. The van der Waals surface area contributed by atoms with Gasteiger partial charge in [0.15, 0.2) is 11.4 Å². The first-order chi connectivity index (χ1) is 8.27. The molecule has 0 saturated heterocycles. The zero-order chi connectivity index (χ0) is 12.1. The molecular weight excluding hydrogens is 212 g/mol. The van der Waals surface area contributed by atoms with Gasteiger partial charge < -0.3 is 5.11 Å². The molecule has 17 heavy (non-hydrogen) atoms. The van der Waals surface area contributed by atoms with E-state index in [1.165, 1.54) is 0 Å². The second-order valence-corrected chi connectivity index (χ2v) is 3.99. The Morgan fingerprint density at radius 3 is 1.59 bits per heavy atom. The standard InChI is InChI=1S/C14H17N2O/c15-16(11-12-17,13-7-3-1-4-8-13)14-9-5-2-6-10-14/h1-10,17H,11-12,15H2/q+1. The van der Waals surface area contributed by atoms with Crippen LogP contribution >= 0.6 is 0 Å². The van der Waals surface area contributed by atoms with Gasteiger partial charge in [0.1, 0.15) is 6.54 Å². The first-order valence-corrected chi connectivity index (χ1v) is 5.66. The summed E-state index contributed by atoms with van der Waals surface area (Å²) in [6.07, 6.45) is 0. The van der Waals surface area contributed by atoms with Gasteiger partial charge in [0.25, 0.3) is 0 Å². The first kappa shape index (κ1) is 11.8. The van der Waals surface area contributed by atoms with Crippen LogP contribution in [0, 0.1) is 0 Å². The highest BCUT2D eigenvalue weighted by molar-refractivity contribution is 5.56. The number of benzene rings is 2. The lowest BCUT2D eigenvalue weighted by Gasteiger charge is -2.31. The number of hydrogen-bond donors (Lipinski definition) is 2. The molecule has 2 rings (SSSR count). The van der Waals surface area contributed by atoms with E-state index in [-0.39, 0.29) is 11.2 Å². The van der Waals surface area contributed by atoms with Crippen molar-refractivity contribution in [1.29, 1.82) is 0 Å². The van der Waals surface area contributed by atoms with E-state index in [0.29, 0.717) is 6.54 Å².